The molecule has 8 aromatic carbocycles. The molecule has 0 saturated carbocycles. The largest absolute Gasteiger partial charge is 0.249 e. The number of anilines is 2. The van der Waals surface area contributed by atoms with Crippen LogP contribution in [0.5, 0.6) is 0 Å². The molecule has 2 nitrogen and oxygen atoms in total. The van der Waals surface area contributed by atoms with E-state index in [1.807, 2.05) is 0 Å². The van der Waals surface area contributed by atoms with Crippen LogP contribution in [-0.2, 0) is 5.41 Å². The predicted molar refractivity (Wildman–Crippen MR) is 200 cm³/mol. The minimum absolute atomic E-state index is 0.102. The highest BCUT2D eigenvalue weighted by atomic mass is 15.6. The second-order valence-corrected chi connectivity index (χ2v) is 13.4. The Bertz CT molecular complexity index is 2710. The number of para-hydroxylation sites is 2. The van der Waals surface area contributed by atoms with Gasteiger partial charge in [-0.2, -0.15) is 0 Å². The van der Waals surface area contributed by atoms with E-state index in [4.69, 9.17) is 0 Å². The molecule has 0 saturated heterocycles. The summed E-state index contributed by atoms with van der Waals surface area (Å²) in [5, 5.41) is 12.5. The quantitative estimate of drug-likeness (QED) is 0.183. The minimum Gasteiger partial charge on any atom is -0.249 e. The van der Waals surface area contributed by atoms with Crippen LogP contribution < -0.4 is 5.01 Å². The molecular formula is C45H32N2. The number of hydrogen-bond acceptors (Lipinski definition) is 1. The van der Waals surface area contributed by atoms with Crippen molar-refractivity contribution in [3.8, 4) is 11.1 Å². The summed E-state index contributed by atoms with van der Waals surface area (Å²) in [4.78, 5) is 0. The van der Waals surface area contributed by atoms with Crippen LogP contribution in [0.1, 0.15) is 25.0 Å². The van der Waals surface area contributed by atoms with E-state index in [1.54, 1.807) is 0 Å². The van der Waals surface area contributed by atoms with E-state index in [0.717, 1.165) is 11.4 Å². The van der Waals surface area contributed by atoms with Crippen molar-refractivity contribution in [3.05, 3.63) is 169 Å². The lowest BCUT2D eigenvalue weighted by Crippen LogP contribution is -2.25. The Morgan fingerprint density at radius 1 is 0.447 bits per heavy atom. The van der Waals surface area contributed by atoms with Gasteiger partial charge in [-0.1, -0.05) is 141 Å². The van der Waals surface area contributed by atoms with Crippen molar-refractivity contribution in [2.24, 2.45) is 0 Å². The lowest BCUT2D eigenvalue weighted by atomic mass is 9.82. The summed E-state index contributed by atoms with van der Waals surface area (Å²) in [6, 6.07) is 58.2. The Morgan fingerprint density at radius 2 is 1.11 bits per heavy atom. The molecule has 1 aliphatic rings. The van der Waals surface area contributed by atoms with Gasteiger partial charge in [0.2, 0.25) is 0 Å². The van der Waals surface area contributed by atoms with Gasteiger partial charge in [0.05, 0.1) is 22.4 Å². The number of hydrogen-bond donors (Lipinski definition) is 0. The third kappa shape index (κ3) is 3.61. The molecule has 9 aromatic rings. The topological polar surface area (TPSA) is 8.17 Å². The van der Waals surface area contributed by atoms with Crippen LogP contribution in [0.3, 0.4) is 0 Å². The van der Waals surface area contributed by atoms with E-state index in [-0.39, 0.29) is 5.41 Å². The van der Waals surface area contributed by atoms with Crippen molar-refractivity contribution >= 4 is 65.5 Å². The van der Waals surface area contributed by atoms with E-state index in [0.29, 0.717) is 0 Å². The fraction of sp³-hybridized carbons (Fsp3) is 0.0667. The van der Waals surface area contributed by atoms with Crippen LogP contribution in [0.4, 0.5) is 11.4 Å². The van der Waals surface area contributed by atoms with Crippen LogP contribution >= 0.6 is 0 Å². The molecule has 0 spiro atoms. The normalized spacial score (nSPS) is 13.5. The Hall–Kier alpha value is -5.86. The molecule has 0 aliphatic heterocycles. The molecule has 0 amide bonds. The number of benzene rings is 8. The van der Waals surface area contributed by atoms with Gasteiger partial charge in [0, 0.05) is 21.6 Å². The first-order valence-corrected chi connectivity index (χ1v) is 16.5. The van der Waals surface area contributed by atoms with Gasteiger partial charge in [-0.15, -0.1) is 0 Å². The van der Waals surface area contributed by atoms with Gasteiger partial charge in [-0.05, 0) is 79.5 Å². The number of fused-ring (bicyclic) bond motifs is 12. The third-order valence-electron chi connectivity index (χ3n) is 10.5. The van der Waals surface area contributed by atoms with Crippen LogP contribution in [0.2, 0.25) is 0 Å². The molecular weight excluding hydrogens is 569 g/mol. The average molecular weight is 601 g/mol. The fourth-order valence-electron chi connectivity index (χ4n) is 8.32. The zero-order valence-corrected chi connectivity index (χ0v) is 26.4. The molecule has 0 atom stereocenters. The van der Waals surface area contributed by atoms with Gasteiger partial charge >= 0.3 is 0 Å². The first-order chi connectivity index (χ1) is 23.1. The maximum Gasteiger partial charge on any atom is 0.0800 e. The number of nitrogens with zero attached hydrogens (tertiary/aromatic N) is 2. The first-order valence-electron chi connectivity index (χ1n) is 16.5. The summed E-state index contributed by atoms with van der Waals surface area (Å²) >= 11 is 0. The van der Waals surface area contributed by atoms with Crippen LogP contribution in [-0.4, -0.2) is 4.68 Å². The standard InChI is InChI=1S/C45H32N2/c1-45(2)40-18-10-8-16-35(40)36-27-23-32(28-41(36)45)46(31-13-4-3-5-14-31)47-42-19-11-9-17-37(42)39-26-22-30-21-24-34-33-15-7-6-12-29(33)20-25-38(34)43(30)44(39)47/h3-28H,1-2H3. The Morgan fingerprint density at radius 3 is 1.98 bits per heavy atom. The van der Waals surface area contributed by atoms with Crippen LogP contribution in [0.25, 0.3) is 65.3 Å². The summed E-state index contributed by atoms with van der Waals surface area (Å²) in [5.41, 5.74) is 9.97. The number of aromatic nitrogens is 1. The molecule has 10 rings (SSSR count). The van der Waals surface area contributed by atoms with Gasteiger partial charge in [-0.25, -0.2) is 9.69 Å². The second kappa shape index (κ2) is 9.57. The lowest BCUT2D eigenvalue weighted by Gasteiger charge is -2.30. The smallest absolute Gasteiger partial charge is 0.0800 e. The lowest BCUT2D eigenvalue weighted by molar-refractivity contribution is 0.660. The third-order valence-corrected chi connectivity index (χ3v) is 10.5. The van der Waals surface area contributed by atoms with Crippen molar-refractivity contribution in [3.63, 3.8) is 0 Å². The SMILES string of the molecule is CC1(C)c2ccccc2-c2ccc(N(c3ccccc3)n3c4ccccc4c4ccc5ccc6c7ccccc7ccc6c5c43)cc21. The zero-order chi connectivity index (χ0) is 31.3. The predicted octanol–water partition coefficient (Wildman–Crippen LogP) is 12.2. The van der Waals surface area contributed by atoms with E-state index >= 15 is 0 Å². The molecule has 1 aliphatic carbocycles. The Balaban J connectivity index is 1.35. The van der Waals surface area contributed by atoms with E-state index in [2.05, 4.69) is 181 Å². The van der Waals surface area contributed by atoms with Gasteiger partial charge in [0.15, 0.2) is 0 Å². The monoisotopic (exact) mass is 600 g/mol. The Kier molecular flexibility index (Phi) is 5.37. The van der Waals surface area contributed by atoms with Crippen molar-refractivity contribution in [2.45, 2.75) is 19.3 Å². The van der Waals surface area contributed by atoms with Crippen LogP contribution in [0.15, 0.2) is 158 Å². The van der Waals surface area contributed by atoms with Crippen LogP contribution in [0, 0.1) is 0 Å². The van der Waals surface area contributed by atoms with E-state index < -0.39 is 0 Å². The molecule has 0 fully saturated rings. The molecule has 0 radical (unpaired) electrons. The summed E-state index contributed by atoms with van der Waals surface area (Å²) in [6.07, 6.45) is 0. The summed E-state index contributed by atoms with van der Waals surface area (Å²) in [5.74, 6) is 0. The summed E-state index contributed by atoms with van der Waals surface area (Å²) < 4.78 is 2.48. The zero-order valence-electron chi connectivity index (χ0n) is 26.4. The molecule has 0 unspecified atom stereocenters. The molecule has 0 bridgehead atoms. The molecule has 1 heterocycles. The summed E-state index contributed by atoms with van der Waals surface area (Å²) in [7, 11) is 0. The van der Waals surface area contributed by atoms with Crippen molar-refractivity contribution in [2.75, 3.05) is 5.01 Å². The minimum atomic E-state index is -0.102. The second-order valence-electron chi connectivity index (χ2n) is 13.4. The highest BCUT2D eigenvalue weighted by Gasteiger charge is 2.36. The van der Waals surface area contributed by atoms with Crippen molar-refractivity contribution in [1.82, 2.24) is 4.68 Å². The molecule has 2 heteroatoms. The maximum atomic E-state index is 2.48. The van der Waals surface area contributed by atoms with Gasteiger partial charge in [-0.3, -0.25) is 0 Å². The average Bonchev–Trinajstić information content (AvgIpc) is 3.57. The van der Waals surface area contributed by atoms with Crippen molar-refractivity contribution in [1.29, 1.82) is 0 Å². The Labute approximate surface area is 273 Å². The van der Waals surface area contributed by atoms with Crippen molar-refractivity contribution < 1.29 is 0 Å². The highest BCUT2D eigenvalue weighted by molar-refractivity contribution is 6.27. The van der Waals surface area contributed by atoms with Gasteiger partial charge in [0.25, 0.3) is 0 Å². The molecule has 222 valence electrons. The van der Waals surface area contributed by atoms with E-state index in [9.17, 15) is 0 Å². The van der Waals surface area contributed by atoms with E-state index in [1.165, 1.54) is 76.4 Å². The van der Waals surface area contributed by atoms with Gasteiger partial charge in [0.1, 0.15) is 0 Å². The fourth-order valence-corrected chi connectivity index (χ4v) is 8.32. The molecule has 0 N–H and O–H groups in total. The molecule has 1 aromatic heterocycles. The molecule has 47 heavy (non-hydrogen) atoms. The summed E-state index contributed by atoms with van der Waals surface area (Å²) in [6.45, 7) is 4.72. The highest BCUT2D eigenvalue weighted by Crippen LogP contribution is 2.50. The van der Waals surface area contributed by atoms with Gasteiger partial charge < -0.3 is 0 Å². The first kappa shape index (κ1) is 26.4. The maximum absolute atomic E-state index is 2.48. The number of rotatable bonds is 3.